The molecule has 0 saturated carbocycles. The molecule has 0 aliphatic carbocycles. The molecule has 5 heteroatoms. The second-order valence-electron chi connectivity index (χ2n) is 5.34. The molecule has 0 saturated heterocycles. The monoisotopic (exact) mass is 276 g/mol. The highest BCUT2D eigenvalue weighted by Gasteiger charge is 2.15. The van der Waals surface area contributed by atoms with E-state index >= 15 is 0 Å². The van der Waals surface area contributed by atoms with Gasteiger partial charge in [-0.2, -0.15) is 0 Å². The number of aryl methyl sites for hydroxylation is 1. The average Bonchev–Trinajstić information content (AvgIpc) is 2.28. The fourth-order valence-electron chi connectivity index (χ4n) is 1.41. The summed E-state index contributed by atoms with van der Waals surface area (Å²) in [7, 11) is 0. The van der Waals surface area contributed by atoms with Crippen LogP contribution in [0.4, 0.5) is 4.79 Å². The van der Waals surface area contributed by atoms with Crippen LogP contribution in [0.2, 0.25) is 0 Å². The van der Waals surface area contributed by atoms with Gasteiger partial charge in [0.15, 0.2) is 0 Å². The van der Waals surface area contributed by atoms with Gasteiger partial charge in [-0.05, 0) is 33.8 Å². The van der Waals surface area contributed by atoms with Gasteiger partial charge in [-0.25, -0.2) is 4.79 Å². The first-order valence-electron chi connectivity index (χ1n) is 6.43. The lowest BCUT2D eigenvalue weighted by molar-refractivity contribution is 0.0529. The maximum absolute atomic E-state index is 11.4. The number of ether oxygens (including phenoxy) is 1. The molecule has 108 valence electrons. The summed E-state index contributed by atoms with van der Waals surface area (Å²) < 4.78 is 5.10. The van der Waals surface area contributed by atoms with Gasteiger partial charge in [-0.1, -0.05) is 11.8 Å². The minimum Gasteiger partial charge on any atom is -0.444 e. The van der Waals surface area contributed by atoms with Crippen LogP contribution in [-0.2, 0) is 4.74 Å². The highest BCUT2D eigenvalue weighted by molar-refractivity contribution is 5.67. The van der Waals surface area contributed by atoms with Crippen LogP contribution in [0.3, 0.4) is 0 Å². The lowest BCUT2D eigenvalue weighted by Crippen LogP contribution is -2.32. The van der Waals surface area contributed by atoms with Crippen molar-refractivity contribution in [1.29, 1.82) is 0 Å². The van der Waals surface area contributed by atoms with Crippen LogP contribution in [-0.4, -0.2) is 23.2 Å². The first kappa shape index (κ1) is 15.8. The summed E-state index contributed by atoms with van der Waals surface area (Å²) >= 11 is 0. The molecule has 0 spiro atoms. The van der Waals surface area contributed by atoms with Gasteiger partial charge < -0.3 is 15.0 Å². The normalized spacial score (nSPS) is 10.4. The highest BCUT2D eigenvalue weighted by atomic mass is 16.6. The molecule has 0 unspecified atom stereocenters. The number of hydrogen-bond donors (Lipinski definition) is 2. The molecule has 0 aliphatic heterocycles. The van der Waals surface area contributed by atoms with Gasteiger partial charge in [0.05, 0.1) is 0 Å². The van der Waals surface area contributed by atoms with Gasteiger partial charge in [0.1, 0.15) is 5.60 Å². The summed E-state index contributed by atoms with van der Waals surface area (Å²) in [6, 6.07) is 3.12. The number of H-pyrrole nitrogens is 1. The lowest BCUT2D eigenvalue weighted by Gasteiger charge is -2.19. The smallest absolute Gasteiger partial charge is 0.407 e. The van der Waals surface area contributed by atoms with E-state index in [-0.39, 0.29) is 5.56 Å². The van der Waals surface area contributed by atoms with Crippen molar-refractivity contribution in [2.45, 2.75) is 39.7 Å². The summed E-state index contributed by atoms with van der Waals surface area (Å²) in [4.78, 5) is 25.1. The molecule has 1 rings (SSSR count). The first-order valence-corrected chi connectivity index (χ1v) is 6.43. The molecule has 1 aromatic heterocycles. The number of carbonyl (C=O) groups excluding carboxylic acids is 1. The highest BCUT2D eigenvalue weighted by Crippen LogP contribution is 2.06. The maximum Gasteiger partial charge on any atom is 0.407 e. The van der Waals surface area contributed by atoms with Gasteiger partial charge in [-0.3, -0.25) is 4.79 Å². The molecule has 0 aliphatic rings. The number of amides is 1. The standard InChI is InChI=1S/C15H20N2O3/c1-11-12(8-9-13(18)17-11)7-5-6-10-16-14(19)20-15(2,3)4/h8-9H,6,10H2,1-4H3,(H,16,19)(H,17,18). The number of aromatic nitrogens is 1. The van der Waals surface area contributed by atoms with Crippen LogP contribution in [0.25, 0.3) is 0 Å². The van der Waals surface area contributed by atoms with Crippen molar-refractivity contribution in [2.24, 2.45) is 0 Å². The third kappa shape index (κ3) is 6.10. The minimum atomic E-state index is -0.497. The number of pyridine rings is 1. The Bertz CT molecular complexity index is 586. The first-order chi connectivity index (χ1) is 9.28. The van der Waals surface area contributed by atoms with Crippen LogP contribution in [0.5, 0.6) is 0 Å². The van der Waals surface area contributed by atoms with Gasteiger partial charge in [-0.15, -0.1) is 0 Å². The maximum atomic E-state index is 11.4. The Morgan fingerprint density at radius 1 is 1.40 bits per heavy atom. The molecule has 0 atom stereocenters. The van der Waals surface area contributed by atoms with E-state index in [1.54, 1.807) is 13.0 Å². The number of rotatable bonds is 2. The Morgan fingerprint density at radius 2 is 2.10 bits per heavy atom. The molecule has 0 fully saturated rings. The second kappa shape index (κ2) is 6.80. The summed E-state index contributed by atoms with van der Waals surface area (Å²) in [6.45, 7) is 7.65. The van der Waals surface area contributed by atoms with Crippen molar-refractivity contribution < 1.29 is 9.53 Å². The van der Waals surface area contributed by atoms with E-state index in [2.05, 4.69) is 22.1 Å². The Labute approximate surface area is 118 Å². The fraction of sp³-hybridized carbons (Fsp3) is 0.467. The van der Waals surface area contributed by atoms with E-state index in [1.165, 1.54) is 6.07 Å². The molecule has 0 radical (unpaired) electrons. The zero-order valence-corrected chi connectivity index (χ0v) is 12.3. The van der Waals surface area contributed by atoms with Crippen molar-refractivity contribution in [3.63, 3.8) is 0 Å². The zero-order valence-electron chi connectivity index (χ0n) is 12.3. The van der Waals surface area contributed by atoms with E-state index in [4.69, 9.17) is 4.74 Å². The summed E-state index contributed by atoms with van der Waals surface area (Å²) in [5.41, 5.74) is 0.884. The van der Waals surface area contributed by atoms with Crippen molar-refractivity contribution in [1.82, 2.24) is 10.3 Å². The molecule has 1 aromatic rings. The zero-order chi connectivity index (χ0) is 15.2. The van der Waals surface area contributed by atoms with Gasteiger partial charge in [0.25, 0.3) is 0 Å². The van der Waals surface area contributed by atoms with Crippen LogP contribution in [0.15, 0.2) is 16.9 Å². The quantitative estimate of drug-likeness (QED) is 0.640. The third-order valence-electron chi connectivity index (χ3n) is 2.26. The minimum absolute atomic E-state index is 0.139. The van der Waals surface area contributed by atoms with Gasteiger partial charge >= 0.3 is 6.09 Å². The lowest BCUT2D eigenvalue weighted by atomic mass is 10.2. The molecule has 0 bridgehead atoms. The topological polar surface area (TPSA) is 71.2 Å². The number of alkyl carbamates (subject to hydrolysis) is 1. The molecule has 0 aromatic carbocycles. The molecule has 20 heavy (non-hydrogen) atoms. The van der Waals surface area contributed by atoms with Gasteiger partial charge in [0, 0.05) is 30.3 Å². The molecule has 5 nitrogen and oxygen atoms in total. The van der Waals surface area contributed by atoms with Crippen LogP contribution < -0.4 is 10.9 Å². The molecular weight excluding hydrogens is 256 g/mol. The van der Waals surface area contributed by atoms with Crippen LogP contribution in [0.1, 0.15) is 38.4 Å². The number of hydrogen-bond acceptors (Lipinski definition) is 3. The average molecular weight is 276 g/mol. The molecule has 1 heterocycles. The number of nitrogens with one attached hydrogen (secondary N) is 2. The SMILES string of the molecule is Cc1[nH]c(=O)ccc1C#CCCNC(=O)OC(C)(C)C. The molecule has 1 amide bonds. The van der Waals surface area contributed by atoms with Crippen molar-refractivity contribution in [3.05, 3.63) is 33.7 Å². The van der Waals surface area contributed by atoms with Crippen molar-refractivity contribution in [3.8, 4) is 11.8 Å². The van der Waals surface area contributed by atoms with Gasteiger partial charge in [0.2, 0.25) is 5.56 Å². The molecule has 2 N–H and O–H groups in total. The predicted octanol–water partition coefficient (Wildman–Crippen LogP) is 1.95. The van der Waals surface area contributed by atoms with Crippen molar-refractivity contribution >= 4 is 6.09 Å². The predicted molar refractivity (Wildman–Crippen MR) is 77.5 cm³/mol. The van der Waals surface area contributed by atoms with Crippen molar-refractivity contribution in [2.75, 3.05) is 6.54 Å². The van der Waals surface area contributed by atoms with E-state index in [0.29, 0.717) is 13.0 Å². The Kier molecular flexibility index (Phi) is 5.39. The largest absolute Gasteiger partial charge is 0.444 e. The van der Waals surface area contributed by atoms with Crippen LogP contribution in [0, 0.1) is 18.8 Å². The van der Waals surface area contributed by atoms with Crippen LogP contribution >= 0.6 is 0 Å². The Morgan fingerprint density at radius 3 is 2.70 bits per heavy atom. The summed E-state index contributed by atoms with van der Waals surface area (Å²) in [6.07, 6.45) is 0.0668. The fourth-order valence-corrected chi connectivity index (χ4v) is 1.41. The van der Waals surface area contributed by atoms with E-state index in [1.807, 2.05) is 20.8 Å². The van der Waals surface area contributed by atoms with E-state index in [9.17, 15) is 9.59 Å². The van der Waals surface area contributed by atoms with E-state index in [0.717, 1.165) is 11.3 Å². The summed E-state index contributed by atoms with van der Waals surface area (Å²) in [5.74, 6) is 5.89. The second-order valence-corrected chi connectivity index (χ2v) is 5.34. The Balaban J connectivity index is 2.40. The Hall–Kier alpha value is -2.22. The number of aromatic amines is 1. The molecular formula is C15H20N2O3. The van der Waals surface area contributed by atoms with E-state index < -0.39 is 11.7 Å². The number of carbonyl (C=O) groups is 1. The summed E-state index contributed by atoms with van der Waals surface area (Å²) in [5, 5.41) is 2.63. The third-order valence-corrected chi connectivity index (χ3v) is 2.26.